The molecule has 5 heteroatoms. The van der Waals surface area contributed by atoms with Gasteiger partial charge in [-0.05, 0) is 64.4 Å². The topological polar surface area (TPSA) is 21.7 Å². The third-order valence-electron chi connectivity index (χ3n) is 6.01. The van der Waals surface area contributed by atoms with Gasteiger partial charge in [0.1, 0.15) is 0 Å². The lowest BCUT2D eigenvalue weighted by Crippen LogP contribution is -2.52. The van der Waals surface area contributed by atoms with Gasteiger partial charge < -0.3 is 14.4 Å². The molecule has 0 spiro atoms. The maximum Gasteiger partial charge on any atom is 0.165 e. The van der Waals surface area contributed by atoms with Gasteiger partial charge in [-0.25, -0.2) is 0 Å². The third-order valence-corrected chi connectivity index (χ3v) is 6.75. The fourth-order valence-electron chi connectivity index (χ4n) is 4.52. The Balaban J connectivity index is 1.74. The Morgan fingerprint density at radius 3 is 2.32 bits per heavy atom. The summed E-state index contributed by atoms with van der Waals surface area (Å²) in [5, 5.41) is 1.29. The highest BCUT2D eigenvalue weighted by atomic mass is 35.5. The Morgan fingerprint density at radius 1 is 1.12 bits per heavy atom. The molecule has 1 heterocycles. The van der Waals surface area contributed by atoms with Crippen LogP contribution in [0, 0.1) is 0 Å². The van der Waals surface area contributed by atoms with Gasteiger partial charge in [0.2, 0.25) is 0 Å². The molecule has 140 valence electrons. The minimum atomic E-state index is -0.396. The van der Waals surface area contributed by atoms with E-state index < -0.39 is 5.79 Å². The highest BCUT2D eigenvalue weighted by molar-refractivity contribution is 6.42. The SMILES string of the molecule is CN(C)C(CCCC1(C)OCCO1)C1(c2ccc(Cl)c(Cl)c2)CCC1. The van der Waals surface area contributed by atoms with Crippen LogP contribution >= 0.6 is 23.2 Å². The first-order valence-corrected chi connectivity index (χ1v) is 10.0. The average molecular weight is 386 g/mol. The Kier molecular flexibility index (Phi) is 6.02. The number of benzene rings is 1. The van der Waals surface area contributed by atoms with Gasteiger partial charge in [-0.1, -0.05) is 35.7 Å². The summed E-state index contributed by atoms with van der Waals surface area (Å²) in [6.45, 7) is 3.48. The Hall–Kier alpha value is -0.320. The first-order chi connectivity index (χ1) is 11.9. The minimum Gasteiger partial charge on any atom is -0.348 e. The van der Waals surface area contributed by atoms with Crippen molar-refractivity contribution < 1.29 is 9.47 Å². The molecule has 1 aromatic carbocycles. The number of ether oxygens (including phenoxy) is 2. The minimum absolute atomic E-state index is 0.177. The van der Waals surface area contributed by atoms with E-state index in [2.05, 4.69) is 38.1 Å². The van der Waals surface area contributed by atoms with Crippen molar-refractivity contribution >= 4 is 23.2 Å². The molecule has 0 aromatic heterocycles. The number of halogens is 2. The molecule has 1 aliphatic heterocycles. The zero-order valence-electron chi connectivity index (χ0n) is 15.5. The van der Waals surface area contributed by atoms with Gasteiger partial charge in [0.05, 0.1) is 23.3 Å². The van der Waals surface area contributed by atoms with E-state index in [0.29, 0.717) is 29.3 Å². The summed E-state index contributed by atoms with van der Waals surface area (Å²) < 4.78 is 11.5. The molecule has 3 rings (SSSR count). The van der Waals surface area contributed by atoms with Gasteiger partial charge in [-0.15, -0.1) is 0 Å². The van der Waals surface area contributed by atoms with E-state index in [1.807, 2.05) is 6.07 Å². The second kappa shape index (κ2) is 7.74. The predicted octanol–water partition coefficient (Wildman–Crippen LogP) is 5.28. The number of hydrogen-bond donors (Lipinski definition) is 0. The van der Waals surface area contributed by atoms with Crippen LogP contribution in [0.4, 0.5) is 0 Å². The number of nitrogens with zero attached hydrogens (tertiary/aromatic N) is 1. The lowest BCUT2D eigenvalue weighted by atomic mass is 9.59. The van der Waals surface area contributed by atoms with E-state index >= 15 is 0 Å². The molecular formula is C20H29Cl2NO2. The molecule has 1 atom stereocenters. The van der Waals surface area contributed by atoms with Gasteiger partial charge >= 0.3 is 0 Å². The largest absolute Gasteiger partial charge is 0.348 e. The van der Waals surface area contributed by atoms with E-state index in [4.69, 9.17) is 32.7 Å². The molecule has 0 amide bonds. The Morgan fingerprint density at radius 2 is 1.80 bits per heavy atom. The number of hydrogen-bond acceptors (Lipinski definition) is 3. The van der Waals surface area contributed by atoms with Crippen molar-refractivity contribution in [2.45, 2.75) is 62.7 Å². The van der Waals surface area contributed by atoms with Crippen molar-refractivity contribution in [1.82, 2.24) is 4.90 Å². The highest BCUT2D eigenvalue weighted by Gasteiger charge is 2.46. The molecule has 3 nitrogen and oxygen atoms in total. The molecule has 0 bridgehead atoms. The van der Waals surface area contributed by atoms with Crippen LogP contribution in [0.1, 0.15) is 51.0 Å². The van der Waals surface area contributed by atoms with Crippen LogP contribution in [0.25, 0.3) is 0 Å². The van der Waals surface area contributed by atoms with Crippen LogP contribution in [0.2, 0.25) is 10.0 Å². The van der Waals surface area contributed by atoms with Crippen molar-refractivity contribution in [1.29, 1.82) is 0 Å². The lowest BCUT2D eigenvalue weighted by molar-refractivity contribution is -0.148. The molecule has 25 heavy (non-hydrogen) atoms. The van der Waals surface area contributed by atoms with Crippen LogP contribution in [-0.2, 0) is 14.9 Å². The number of likely N-dealkylation sites (N-methyl/N-ethyl adjacent to an activating group) is 1. The van der Waals surface area contributed by atoms with Gasteiger partial charge in [0, 0.05) is 17.9 Å². The highest BCUT2D eigenvalue weighted by Crippen LogP contribution is 2.50. The second-order valence-corrected chi connectivity index (χ2v) is 8.66. The fraction of sp³-hybridized carbons (Fsp3) is 0.700. The van der Waals surface area contributed by atoms with Gasteiger partial charge in [-0.3, -0.25) is 0 Å². The summed E-state index contributed by atoms with van der Waals surface area (Å²) in [5.41, 5.74) is 1.50. The third kappa shape index (κ3) is 4.01. The van der Waals surface area contributed by atoms with Crippen LogP contribution in [0.15, 0.2) is 18.2 Å². The van der Waals surface area contributed by atoms with Gasteiger partial charge in [0.15, 0.2) is 5.79 Å². The van der Waals surface area contributed by atoms with Crippen LogP contribution < -0.4 is 0 Å². The zero-order chi connectivity index (χ0) is 18.1. The summed E-state index contributed by atoms with van der Waals surface area (Å²) >= 11 is 12.5. The average Bonchev–Trinajstić information content (AvgIpc) is 2.94. The first-order valence-electron chi connectivity index (χ1n) is 9.26. The summed E-state index contributed by atoms with van der Waals surface area (Å²) in [6.07, 6.45) is 6.83. The molecule has 1 saturated carbocycles. The van der Waals surface area contributed by atoms with Crippen molar-refractivity contribution in [2.24, 2.45) is 0 Å². The summed E-state index contributed by atoms with van der Waals surface area (Å²) in [4.78, 5) is 2.38. The fourth-order valence-corrected chi connectivity index (χ4v) is 4.82. The first kappa shape index (κ1) is 19.4. The molecule has 1 aliphatic carbocycles. The molecule has 0 radical (unpaired) electrons. The van der Waals surface area contributed by atoms with Crippen LogP contribution in [-0.4, -0.2) is 44.0 Å². The normalized spacial score (nSPS) is 22.8. The quantitative estimate of drug-likeness (QED) is 0.637. The predicted molar refractivity (Wildman–Crippen MR) is 104 cm³/mol. The Labute approximate surface area is 161 Å². The smallest absolute Gasteiger partial charge is 0.165 e. The van der Waals surface area contributed by atoms with Gasteiger partial charge in [0.25, 0.3) is 0 Å². The molecule has 2 aliphatic rings. The van der Waals surface area contributed by atoms with Gasteiger partial charge in [-0.2, -0.15) is 0 Å². The van der Waals surface area contributed by atoms with E-state index in [1.165, 1.54) is 24.8 Å². The molecule has 2 fully saturated rings. The molecule has 0 N–H and O–H groups in total. The van der Waals surface area contributed by atoms with Crippen molar-refractivity contribution in [3.63, 3.8) is 0 Å². The number of rotatable bonds is 7. The maximum atomic E-state index is 6.32. The second-order valence-electron chi connectivity index (χ2n) is 7.84. The van der Waals surface area contributed by atoms with E-state index in [1.54, 1.807) is 0 Å². The van der Waals surface area contributed by atoms with E-state index in [0.717, 1.165) is 19.3 Å². The molecule has 1 saturated heterocycles. The monoisotopic (exact) mass is 385 g/mol. The Bertz CT molecular complexity index is 595. The van der Waals surface area contributed by atoms with Crippen molar-refractivity contribution in [3.8, 4) is 0 Å². The maximum absolute atomic E-state index is 6.32. The van der Waals surface area contributed by atoms with Crippen LogP contribution in [0.5, 0.6) is 0 Å². The van der Waals surface area contributed by atoms with E-state index in [9.17, 15) is 0 Å². The van der Waals surface area contributed by atoms with E-state index in [-0.39, 0.29) is 5.41 Å². The summed E-state index contributed by atoms with van der Waals surface area (Å²) in [6, 6.07) is 6.65. The standard InChI is InChI=1S/C20H29Cl2NO2/c1-19(24-12-13-25-19)9-4-6-18(23(2)3)20(10-5-11-20)15-7-8-16(21)17(22)14-15/h7-8,14,18H,4-6,9-13H2,1-3H3. The zero-order valence-corrected chi connectivity index (χ0v) is 17.0. The summed E-state index contributed by atoms with van der Waals surface area (Å²) in [5.74, 6) is -0.396. The molecule has 1 aromatic rings. The molecule has 1 unspecified atom stereocenters. The lowest BCUT2D eigenvalue weighted by Gasteiger charge is -2.51. The van der Waals surface area contributed by atoms with Crippen LogP contribution in [0.3, 0.4) is 0 Å². The molecular weight excluding hydrogens is 357 g/mol. The van der Waals surface area contributed by atoms with Crippen molar-refractivity contribution in [3.05, 3.63) is 33.8 Å². The van der Waals surface area contributed by atoms with Crippen molar-refractivity contribution in [2.75, 3.05) is 27.3 Å². The summed E-state index contributed by atoms with van der Waals surface area (Å²) in [7, 11) is 4.37.